The third-order valence-electron chi connectivity index (χ3n) is 4.34. The minimum Gasteiger partial charge on any atom is -0.377 e. The van der Waals surface area contributed by atoms with E-state index in [0.29, 0.717) is 39.5 Å². The number of ether oxygens (including phenoxy) is 2. The Kier molecular flexibility index (Phi) is 5.76. The SMILES string of the molecule is CC(C)(C)c1cc2n(c1)CCOCCOCCN(C(C)(C)C)C2=O. The maximum absolute atomic E-state index is 13.2. The fraction of sp³-hybridized carbons (Fsp3) is 0.737. The summed E-state index contributed by atoms with van der Waals surface area (Å²) in [6, 6.07) is 2.04. The van der Waals surface area contributed by atoms with Crippen molar-refractivity contribution in [2.45, 2.75) is 59.0 Å². The van der Waals surface area contributed by atoms with E-state index in [9.17, 15) is 4.79 Å². The van der Waals surface area contributed by atoms with E-state index in [2.05, 4.69) is 47.7 Å². The number of aromatic nitrogens is 1. The van der Waals surface area contributed by atoms with Gasteiger partial charge < -0.3 is 18.9 Å². The van der Waals surface area contributed by atoms with E-state index >= 15 is 0 Å². The zero-order valence-corrected chi connectivity index (χ0v) is 16.0. The molecule has 0 spiro atoms. The lowest BCUT2D eigenvalue weighted by atomic mass is 9.89. The molecule has 1 aromatic rings. The quantitative estimate of drug-likeness (QED) is 0.731. The minimum atomic E-state index is -0.252. The maximum Gasteiger partial charge on any atom is 0.270 e. The van der Waals surface area contributed by atoms with Crippen LogP contribution in [0.3, 0.4) is 0 Å². The third kappa shape index (κ3) is 4.61. The summed E-state index contributed by atoms with van der Waals surface area (Å²) in [7, 11) is 0. The van der Waals surface area contributed by atoms with Crippen LogP contribution < -0.4 is 0 Å². The van der Waals surface area contributed by atoms with E-state index in [-0.39, 0.29) is 16.9 Å². The largest absolute Gasteiger partial charge is 0.377 e. The van der Waals surface area contributed by atoms with Gasteiger partial charge in [0.1, 0.15) is 5.69 Å². The highest BCUT2D eigenvalue weighted by molar-refractivity contribution is 5.93. The minimum absolute atomic E-state index is 0.00473. The van der Waals surface area contributed by atoms with E-state index in [4.69, 9.17) is 9.47 Å². The zero-order valence-electron chi connectivity index (χ0n) is 16.0. The highest BCUT2D eigenvalue weighted by atomic mass is 16.5. The van der Waals surface area contributed by atoms with Gasteiger partial charge in [-0.25, -0.2) is 0 Å². The molecule has 0 saturated heterocycles. The van der Waals surface area contributed by atoms with E-state index in [1.165, 1.54) is 5.56 Å². The van der Waals surface area contributed by atoms with Gasteiger partial charge in [-0.1, -0.05) is 20.8 Å². The van der Waals surface area contributed by atoms with E-state index in [1.807, 2.05) is 15.5 Å². The number of nitrogens with zero attached hydrogens (tertiary/aromatic N) is 2. The zero-order chi connectivity index (χ0) is 18.0. The summed E-state index contributed by atoms with van der Waals surface area (Å²) in [5.74, 6) is 0.0576. The Bertz CT molecular complexity index is 564. The topological polar surface area (TPSA) is 43.7 Å². The van der Waals surface area contributed by atoms with Crippen molar-refractivity contribution in [3.8, 4) is 0 Å². The van der Waals surface area contributed by atoms with Crippen molar-refractivity contribution in [3.63, 3.8) is 0 Å². The molecule has 0 bridgehead atoms. The molecule has 0 saturated carbocycles. The summed E-state index contributed by atoms with van der Waals surface area (Å²) >= 11 is 0. The van der Waals surface area contributed by atoms with Gasteiger partial charge in [0, 0.05) is 24.8 Å². The second-order valence-electron chi connectivity index (χ2n) is 8.41. The first-order chi connectivity index (χ1) is 11.1. The van der Waals surface area contributed by atoms with Gasteiger partial charge in [0.2, 0.25) is 0 Å². The smallest absolute Gasteiger partial charge is 0.270 e. The standard InChI is InChI=1S/C19H32N2O3/c1-18(2,3)15-13-16-17(22)21(19(4,5)6)8-10-24-12-11-23-9-7-20(16)14-15/h13-14H,7-12H2,1-6H3. The molecule has 2 rings (SSSR count). The summed E-state index contributed by atoms with van der Waals surface area (Å²) in [6.45, 7) is 16.2. The monoisotopic (exact) mass is 336 g/mol. The van der Waals surface area contributed by atoms with Crippen LogP contribution in [0.5, 0.6) is 0 Å². The van der Waals surface area contributed by atoms with Gasteiger partial charge in [-0.15, -0.1) is 0 Å². The van der Waals surface area contributed by atoms with Crippen LogP contribution in [0.2, 0.25) is 0 Å². The first-order valence-corrected chi connectivity index (χ1v) is 8.79. The molecule has 0 N–H and O–H groups in total. The number of hydrogen-bond donors (Lipinski definition) is 0. The van der Waals surface area contributed by atoms with Gasteiger partial charge >= 0.3 is 0 Å². The summed E-state index contributed by atoms with van der Waals surface area (Å²) in [5, 5.41) is 0. The van der Waals surface area contributed by atoms with E-state index < -0.39 is 0 Å². The highest BCUT2D eigenvalue weighted by Crippen LogP contribution is 2.26. The first-order valence-electron chi connectivity index (χ1n) is 8.79. The molecule has 136 valence electrons. The fourth-order valence-corrected chi connectivity index (χ4v) is 2.81. The molecule has 2 heterocycles. The number of amides is 1. The molecular formula is C19H32N2O3. The molecule has 0 atom stereocenters. The molecule has 0 aliphatic carbocycles. The Labute approximate surface area is 145 Å². The van der Waals surface area contributed by atoms with Gasteiger partial charge in [-0.2, -0.15) is 0 Å². The summed E-state index contributed by atoms with van der Waals surface area (Å²) < 4.78 is 13.3. The lowest BCUT2D eigenvalue weighted by Crippen LogP contribution is -2.48. The third-order valence-corrected chi connectivity index (χ3v) is 4.34. The molecule has 24 heavy (non-hydrogen) atoms. The van der Waals surface area contributed by atoms with Crippen LogP contribution in [-0.4, -0.2) is 53.9 Å². The molecular weight excluding hydrogens is 304 g/mol. The van der Waals surface area contributed by atoms with Gasteiger partial charge in [-0.3, -0.25) is 4.79 Å². The maximum atomic E-state index is 13.2. The number of carbonyl (C=O) groups excluding carboxylic acids is 1. The van der Waals surface area contributed by atoms with Crippen LogP contribution in [0.1, 0.15) is 57.6 Å². The number of hydrogen-bond acceptors (Lipinski definition) is 3. The molecule has 0 fully saturated rings. The molecule has 0 unspecified atom stereocenters. The van der Waals surface area contributed by atoms with Crippen molar-refractivity contribution in [1.82, 2.24) is 9.47 Å². The second kappa shape index (κ2) is 7.28. The van der Waals surface area contributed by atoms with Crippen LogP contribution in [0.4, 0.5) is 0 Å². The number of carbonyl (C=O) groups is 1. The highest BCUT2D eigenvalue weighted by Gasteiger charge is 2.30. The van der Waals surface area contributed by atoms with Crippen molar-refractivity contribution >= 4 is 5.91 Å². The van der Waals surface area contributed by atoms with Crippen molar-refractivity contribution in [3.05, 3.63) is 23.5 Å². The van der Waals surface area contributed by atoms with Crippen molar-refractivity contribution in [2.75, 3.05) is 33.0 Å². The first kappa shape index (κ1) is 19.0. The van der Waals surface area contributed by atoms with Crippen LogP contribution in [-0.2, 0) is 21.4 Å². The number of rotatable bonds is 0. The van der Waals surface area contributed by atoms with Crippen LogP contribution in [0.15, 0.2) is 12.3 Å². The molecule has 1 amide bonds. The van der Waals surface area contributed by atoms with E-state index in [0.717, 1.165) is 5.69 Å². The molecule has 5 heteroatoms. The Balaban J connectivity index is 2.41. The van der Waals surface area contributed by atoms with E-state index in [1.54, 1.807) is 0 Å². The molecule has 1 aliphatic heterocycles. The fourth-order valence-electron chi connectivity index (χ4n) is 2.81. The van der Waals surface area contributed by atoms with Crippen molar-refractivity contribution < 1.29 is 14.3 Å². The molecule has 1 aliphatic rings. The van der Waals surface area contributed by atoms with Crippen molar-refractivity contribution in [2.24, 2.45) is 0 Å². The van der Waals surface area contributed by atoms with Gasteiger partial charge in [0.05, 0.1) is 26.4 Å². The molecule has 0 aromatic carbocycles. The lowest BCUT2D eigenvalue weighted by molar-refractivity contribution is 0.0185. The summed E-state index contributed by atoms with van der Waals surface area (Å²) in [5.41, 5.74) is 1.66. The van der Waals surface area contributed by atoms with Crippen LogP contribution in [0, 0.1) is 0 Å². The lowest BCUT2D eigenvalue weighted by Gasteiger charge is -2.36. The molecule has 5 nitrogen and oxygen atoms in total. The average Bonchev–Trinajstić information content (AvgIpc) is 2.86. The van der Waals surface area contributed by atoms with Crippen LogP contribution >= 0.6 is 0 Å². The van der Waals surface area contributed by atoms with Gasteiger partial charge in [0.25, 0.3) is 5.91 Å². The Hall–Kier alpha value is -1.33. The Morgan fingerprint density at radius 2 is 1.50 bits per heavy atom. The predicted molar refractivity (Wildman–Crippen MR) is 95.6 cm³/mol. The normalized spacial score (nSPS) is 18.8. The van der Waals surface area contributed by atoms with Crippen LogP contribution in [0.25, 0.3) is 0 Å². The Morgan fingerprint density at radius 3 is 2.04 bits per heavy atom. The molecule has 1 aromatic heterocycles. The van der Waals surface area contributed by atoms with Gasteiger partial charge in [-0.05, 0) is 37.8 Å². The second-order valence-corrected chi connectivity index (χ2v) is 8.41. The summed E-state index contributed by atoms with van der Waals surface area (Å²) in [6.07, 6.45) is 2.10. The summed E-state index contributed by atoms with van der Waals surface area (Å²) in [4.78, 5) is 15.2. The molecule has 0 radical (unpaired) electrons. The predicted octanol–water partition coefficient (Wildman–Crippen LogP) is 3.07. The number of fused-ring (bicyclic) bond motifs is 1. The van der Waals surface area contributed by atoms with Crippen molar-refractivity contribution in [1.29, 1.82) is 0 Å². The Morgan fingerprint density at radius 1 is 0.917 bits per heavy atom. The average molecular weight is 336 g/mol. The van der Waals surface area contributed by atoms with Gasteiger partial charge in [0.15, 0.2) is 0 Å².